The maximum atomic E-state index is 5.49. The summed E-state index contributed by atoms with van der Waals surface area (Å²) in [6, 6.07) is 6.17. The number of aromatic nitrogens is 2. The minimum absolute atomic E-state index is 0. The predicted octanol–water partition coefficient (Wildman–Crippen LogP) is 5.09. The molecular formula is C22H36IN5O. The number of hydrogen-bond donors (Lipinski definition) is 2. The molecule has 0 radical (unpaired) electrons. The molecule has 0 amide bonds. The SMILES string of the molecule is CCNC(=NCc1cc(C(CC)CC)no1)NCC(c1cccnc1)C(C)C.I. The average Bonchev–Trinajstić information content (AvgIpc) is 3.16. The van der Waals surface area contributed by atoms with Crippen molar-refractivity contribution in [1.82, 2.24) is 20.8 Å². The molecule has 7 heteroatoms. The molecule has 6 nitrogen and oxygen atoms in total. The van der Waals surface area contributed by atoms with Gasteiger partial charge in [-0.3, -0.25) is 4.98 Å². The number of nitrogens with zero attached hydrogens (tertiary/aromatic N) is 3. The van der Waals surface area contributed by atoms with Gasteiger partial charge in [0.25, 0.3) is 0 Å². The van der Waals surface area contributed by atoms with Crippen LogP contribution in [0.25, 0.3) is 0 Å². The van der Waals surface area contributed by atoms with Crippen LogP contribution in [0.3, 0.4) is 0 Å². The summed E-state index contributed by atoms with van der Waals surface area (Å²) < 4.78 is 5.49. The van der Waals surface area contributed by atoms with Gasteiger partial charge in [0.1, 0.15) is 6.54 Å². The van der Waals surface area contributed by atoms with Crippen molar-refractivity contribution in [2.24, 2.45) is 10.9 Å². The Hall–Kier alpha value is -1.64. The number of halogens is 1. The molecule has 162 valence electrons. The lowest BCUT2D eigenvalue weighted by Gasteiger charge is -2.22. The normalized spacial score (nSPS) is 12.7. The number of pyridine rings is 1. The molecule has 29 heavy (non-hydrogen) atoms. The molecule has 0 fully saturated rings. The summed E-state index contributed by atoms with van der Waals surface area (Å²) in [5.41, 5.74) is 2.27. The number of nitrogens with one attached hydrogen (secondary N) is 2. The van der Waals surface area contributed by atoms with Crippen molar-refractivity contribution >= 4 is 29.9 Å². The highest BCUT2D eigenvalue weighted by Gasteiger charge is 2.17. The molecule has 2 N–H and O–H groups in total. The van der Waals surface area contributed by atoms with Gasteiger partial charge in [-0.25, -0.2) is 4.99 Å². The Bertz CT molecular complexity index is 713. The highest BCUT2D eigenvalue weighted by Crippen LogP contribution is 2.23. The summed E-state index contributed by atoms with van der Waals surface area (Å²) in [5.74, 6) is 2.91. The Morgan fingerprint density at radius 3 is 2.52 bits per heavy atom. The second-order valence-electron chi connectivity index (χ2n) is 7.44. The summed E-state index contributed by atoms with van der Waals surface area (Å²) in [7, 11) is 0. The maximum absolute atomic E-state index is 5.49. The minimum atomic E-state index is 0. The quantitative estimate of drug-likeness (QED) is 0.263. The van der Waals surface area contributed by atoms with Crippen LogP contribution >= 0.6 is 24.0 Å². The van der Waals surface area contributed by atoms with Crippen molar-refractivity contribution in [3.05, 3.63) is 47.6 Å². The molecular weight excluding hydrogens is 477 g/mol. The molecule has 0 aliphatic carbocycles. The van der Waals surface area contributed by atoms with Gasteiger partial charge in [-0.15, -0.1) is 24.0 Å². The van der Waals surface area contributed by atoms with Crippen LogP contribution in [0.1, 0.15) is 76.3 Å². The average molecular weight is 513 g/mol. The van der Waals surface area contributed by atoms with Gasteiger partial charge >= 0.3 is 0 Å². The first-order chi connectivity index (χ1) is 13.6. The highest BCUT2D eigenvalue weighted by atomic mass is 127. The van der Waals surface area contributed by atoms with Crippen molar-refractivity contribution in [3.63, 3.8) is 0 Å². The molecule has 0 aromatic carbocycles. The third kappa shape index (κ3) is 7.95. The van der Waals surface area contributed by atoms with Gasteiger partial charge in [-0.1, -0.05) is 38.9 Å². The number of aliphatic imine (C=N–C) groups is 1. The van der Waals surface area contributed by atoms with Crippen molar-refractivity contribution in [2.45, 2.75) is 65.8 Å². The van der Waals surface area contributed by atoms with Crippen LogP contribution in [0, 0.1) is 5.92 Å². The molecule has 2 rings (SSSR count). The van der Waals surface area contributed by atoms with Gasteiger partial charge in [0.05, 0.1) is 5.69 Å². The first-order valence-electron chi connectivity index (χ1n) is 10.5. The molecule has 1 atom stereocenters. The van der Waals surface area contributed by atoms with E-state index in [4.69, 9.17) is 4.52 Å². The molecule has 2 aromatic rings. The van der Waals surface area contributed by atoms with Crippen LogP contribution in [0.2, 0.25) is 0 Å². The van der Waals surface area contributed by atoms with E-state index in [1.807, 2.05) is 24.5 Å². The topological polar surface area (TPSA) is 75.3 Å². The minimum Gasteiger partial charge on any atom is -0.359 e. The van der Waals surface area contributed by atoms with Gasteiger partial charge in [0.2, 0.25) is 0 Å². The Labute approximate surface area is 192 Å². The Balaban J connectivity index is 0.00000420. The molecule has 0 aliphatic heterocycles. The number of rotatable bonds is 10. The maximum Gasteiger partial charge on any atom is 0.191 e. The van der Waals surface area contributed by atoms with E-state index in [9.17, 15) is 0 Å². The van der Waals surface area contributed by atoms with Crippen molar-refractivity contribution in [3.8, 4) is 0 Å². The van der Waals surface area contributed by atoms with Crippen molar-refractivity contribution < 1.29 is 4.52 Å². The molecule has 0 saturated heterocycles. The van der Waals surface area contributed by atoms with Gasteiger partial charge in [0.15, 0.2) is 11.7 Å². The van der Waals surface area contributed by atoms with E-state index in [2.05, 4.69) is 66.5 Å². The van der Waals surface area contributed by atoms with E-state index in [0.717, 1.165) is 43.3 Å². The fraction of sp³-hybridized carbons (Fsp3) is 0.591. The summed E-state index contributed by atoms with van der Waals surface area (Å²) in [5, 5.41) is 11.0. The lowest BCUT2D eigenvalue weighted by Crippen LogP contribution is -2.40. The van der Waals surface area contributed by atoms with Crippen LogP contribution in [0.4, 0.5) is 0 Å². The Kier molecular flexibility index (Phi) is 11.9. The van der Waals surface area contributed by atoms with Crippen molar-refractivity contribution in [1.29, 1.82) is 0 Å². The molecule has 0 saturated carbocycles. The van der Waals surface area contributed by atoms with E-state index in [1.54, 1.807) is 0 Å². The Morgan fingerprint density at radius 1 is 1.17 bits per heavy atom. The Morgan fingerprint density at radius 2 is 1.93 bits per heavy atom. The lowest BCUT2D eigenvalue weighted by atomic mass is 9.89. The van der Waals surface area contributed by atoms with Gasteiger partial charge < -0.3 is 15.2 Å². The van der Waals surface area contributed by atoms with Gasteiger partial charge in [-0.2, -0.15) is 0 Å². The lowest BCUT2D eigenvalue weighted by molar-refractivity contribution is 0.372. The smallest absolute Gasteiger partial charge is 0.191 e. The van der Waals surface area contributed by atoms with Crippen LogP contribution in [-0.4, -0.2) is 29.2 Å². The van der Waals surface area contributed by atoms with Gasteiger partial charge in [0, 0.05) is 43.4 Å². The van der Waals surface area contributed by atoms with Crippen molar-refractivity contribution in [2.75, 3.05) is 13.1 Å². The summed E-state index contributed by atoms with van der Waals surface area (Å²) in [6.45, 7) is 13.0. The standard InChI is InChI=1S/C22H35N5O.HI/c1-6-17(7-2)21-12-19(28-27-21)14-25-22(24-8-3)26-15-20(16(4)5)18-10-9-11-23-13-18;/h9-13,16-17,20H,6-8,14-15H2,1-5H3,(H2,24,25,26);1H. The van der Waals surface area contributed by atoms with E-state index >= 15 is 0 Å². The van der Waals surface area contributed by atoms with E-state index in [0.29, 0.717) is 24.3 Å². The van der Waals surface area contributed by atoms with E-state index < -0.39 is 0 Å². The largest absolute Gasteiger partial charge is 0.359 e. The fourth-order valence-corrected chi connectivity index (χ4v) is 3.34. The monoisotopic (exact) mass is 513 g/mol. The highest BCUT2D eigenvalue weighted by molar-refractivity contribution is 14.0. The summed E-state index contributed by atoms with van der Waals surface area (Å²) in [6.07, 6.45) is 5.90. The molecule has 0 aliphatic rings. The zero-order chi connectivity index (χ0) is 20.4. The van der Waals surface area contributed by atoms with Crippen LogP contribution < -0.4 is 10.6 Å². The van der Waals surface area contributed by atoms with Crippen LogP contribution in [-0.2, 0) is 6.54 Å². The number of hydrogen-bond acceptors (Lipinski definition) is 4. The zero-order valence-corrected chi connectivity index (χ0v) is 20.6. The summed E-state index contributed by atoms with van der Waals surface area (Å²) >= 11 is 0. The molecule has 1 unspecified atom stereocenters. The van der Waals surface area contributed by atoms with E-state index in [1.165, 1.54) is 5.56 Å². The third-order valence-corrected chi connectivity index (χ3v) is 5.13. The predicted molar refractivity (Wildman–Crippen MR) is 130 cm³/mol. The molecule has 0 bridgehead atoms. The third-order valence-electron chi connectivity index (χ3n) is 5.13. The fourth-order valence-electron chi connectivity index (χ4n) is 3.34. The second-order valence-corrected chi connectivity index (χ2v) is 7.44. The van der Waals surface area contributed by atoms with Gasteiger partial charge in [-0.05, 0) is 37.3 Å². The molecule has 2 heterocycles. The molecule has 0 spiro atoms. The summed E-state index contributed by atoms with van der Waals surface area (Å²) in [4.78, 5) is 8.94. The van der Waals surface area contributed by atoms with Crippen LogP contribution in [0.15, 0.2) is 40.1 Å². The van der Waals surface area contributed by atoms with Crippen LogP contribution in [0.5, 0.6) is 0 Å². The first-order valence-corrected chi connectivity index (χ1v) is 10.5. The number of guanidine groups is 1. The molecule has 2 aromatic heterocycles. The van der Waals surface area contributed by atoms with E-state index in [-0.39, 0.29) is 24.0 Å². The second kappa shape index (κ2) is 13.6. The zero-order valence-electron chi connectivity index (χ0n) is 18.3. The first kappa shape index (κ1) is 25.4.